The number of aliphatic hydroxyl groups is 1. The van der Waals surface area contributed by atoms with E-state index in [1.54, 1.807) is 0 Å². The van der Waals surface area contributed by atoms with Crippen molar-refractivity contribution in [3.8, 4) is 0 Å². The van der Waals surface area contributed by atoms with Crippen LogP contribution in [-0.4, -0.2) is 23.3 Å². The summed E-state index contributed by atoms with van der Waals surface area (Å²) in [6.45, 7) is 13.7. The minimum absolute atomic E-state index is 0.00742. The van der Waals surface area contributed by atoms with E-state index in [-0.39, 0.29) is 23.6 Å². The molecule has 0 heterocycles. The third-order valence-corrected chi connectivity index (χ3v) is 10.6. The van der Waals surface area contributed by atoms with Crippen molar-refractivity contribution >= 4 is 5.97 Å². The van der Waals surface area contributed by atoms with Gasteiger partial charge in [0.2, 0.25) is 0 Å². The molecule has 3 fully saturated rings. The number of hydrogen-bond acceptors (Lipinski definition) is 3. The number of esters is 1. The molecule has 3 saturated carbocycles. The lowest BCUT2D eigenvalue weighted by molar-refractivity contribution is -0.149. The first-order chi connectivity index (χ1) is 15.1. The van der Waals surface area contributed by atoms with Crippen LogP contribution in [0, 0.1) is 46.3 Å². The molecule has 182 valence electrons. The van der Waals surface area contributed by atoms with Crippen LogP contribution in [0.3, 0.4) is 0 Å². The molecule has 0 aromatic carbocycles. The Kier molecular flexibility index (Phi) is 6.90. The number of rotatable bonds is 6. The molecule has 4 rings (SSSR count). The summed E-state index contributed by atoms with van der Waals surface area (Å²) >= 11 is 0. The van der Waals surface area contributed by atoms with Gasteiger partial charge in [0.05, 0.1) is 6.10 Å². The van der Waals surface area contributed by atoms with Gasteiger partial charge in [0.1, 0.15) is 6.10 Å². The van der Waals surface area contributed by atoms with Gasteiger partial charge < -0.3 is 9.84 Å². The van der Waals surface area contributed by atoms with Crippen LogP contribution < -0.4 is 0 Å². The predicted molar refractivity (Wildman–Crippen MR) is 130 cm³/mol. The van der Waals surface area contributed by atoms with Crippen LogP contribution in [0.5, 0.6) is 0 Å². The van der Waals surface area contributed by atoms with Crippen molar-refractivity contribution in [2.45, 2.75) is 118 Å². The second-order valence-electron chi connectivity index (χ2n) is 12.9. The lowest BCUT2D eigenvalue weighted by Gasteiger charge is -2.59. The molecule has 0 aliphatic heterocycles. The van der Waals surface area contributed by atoms with Gasteiger partial charge in [-0.25, -0.2) is 0 Å². The highest BCUT2D eigenvalue weighted by molar-refractivity contribution is 5.66. The van der Waals surface area contributed by atoms with E-state index in [0.29, 0.717) is 23.2 Å². The molecule has 4 aliphatic rings. The Morgan fingerprint density at radius 1 is 1.09 bits per heavy atom. The summed E-state index contributed by atoms with van der Waals surface area (Å²) in [5.74, 6) is 3.85. The second kappa shape index (κ2) is 9.08. The van der Waals surface area contributed by atoms with Crippen molar-refractivity contribution in [1.29, 1.82) is 0 Å². The van der Waals surface area contributed by atoms with Gasteiger partial charge in [0.15, 0.2) is 0 Å². The Labute approximate surface area is 196 Å². The highest BCUT2D eigenvalue weighted by Crippen LogP contribution is 2.67. The Morgan fingerprint density at radius 3 is 2.53 bits per heavy atom. The summed E-state index contributed by atoms with van der Waals surface area (Å²) in [6.07, 6.45) is 14.0. The fraction of sp³-hybridized carbons (Fsp3) is 0.897. The number of aliphatic hydroxyl groups excluding tert-OH is 1. The van der Waals surface area contributed by atoms with Gasteiger partial charge >= 0.3 is 5.97 Å². The Morgan fingerprint density at radius 2 is 1.84 bits per heavy atom. The van der Waals surface area contributed by atoms with Gasteiger partial charge in [-0.2, -0.15) is 0 Å². The van der Waals surface area contributed by atoms with Crippen LogP contribution in [0.4, 0.5) is 0 Å². The van der Waals surface area contributed by atoms with Gasteiger partial charge in [-0.3, -0.25) is 4.79 Å². The van der Waals surface area contributed by atoms with Gasteiger partial charge in [-0.05, 0) is 84.9 Å². The zero-order valence-electron chi connectivity index (χ0n) is 21.5. The molecule has 9 atom stereocenters. The average molecular weight is 445 g/mol. The van der Waals surface area contributed by atoms with E-state index >= 15 is 0 Å². The molecule has 0 aromatic rings. The fourth-order valence-electron chi connectivity index (χ4n) is 8.98. The molecule has 3 nitrogen and oxygen atoms in total. The van der Waals surface area contributed by atoms with Crippen molar-refractivity contribution < 1.29 is 14.6 Å². The summed E-state index contributed by atoms with van der Waals surface area (Å²) < 4.78 is 5.57. The highest BCUT2D eigenvalue weighted by Gasteiger charge is 2.61. The molecule has 0 spiro atoms. The van der Waals surface area contributed by atoms with E-state index in [2.05, 4.69) is 40.7 Å². The zero-order chi connectivity index (χ0) is 23.3. The molecule has 4 aliphatic carbocycles. The molecule has 32 heavy (non-hydrogen) atoms. The van der Waals surface area contributed by atoms with E-state index in [9.17, 15) is 9.90 Å². The van der Waals surface area contributed by atoms with E-state index in [1.807, 2.05) is 0 Å². The molecule has 0 bridgehead atoms. The Balaban J connectivity index is 1.51. The standard InChI is InChI=1S/C29H48O3/c1-18(2)8-7-9-19(3)23-10-11-24-27-25(13-15-29(23,24)6)28(5)14-12-22(32-20(4)30)16-21(28)17-26(27)31/h17-19,22-27,31H,7-16H2,1-6H3/t19-,22+,23?,24+,25?,26?,27?,28+,29-/m1/s1. The molecule has 0 amide bonds. The van der Waals surface area contributed by atoms with E-state index < -0.39 is 0 Å². The minimum atomic E-state index is -0.334. The van der Waals surface area contributed by atoms with Gasteiger partial charge in [0, 0.05) is 13.3 Å². The highest BCUT2D eigenvalue weighted by atomic mass is 16.5. The average Bonchev–Trinajstić information content (AvgIpc) is 3.05. The number of carbonyl (C=O) groups is 1. The van der Waals surface area contributed by atoms with Crippen LogP contribution in [-0.2, 0) is 9.53 Å². The minimum Gasteiger partial charge on any atom is -0.462 e. The largest absolute Gasteiger partial charge is 0.462 e. The lowest BCUT2D eigenvalue weighted by Crippen LogP contribution is -2.55. The number of fused-ring (bicyclic) bond motifs is 5. The topological polar surface area (TPSA) is 46.5 Å². The van der Waals surface area contributed by atoms with Gasteiger partial charge in [0.25, 0.3) is 0 Å². The first-order valence-electron chi connectivity index (χ1n) is 13.6. The molecule has 0 saturated heterocycles. The Hall–Kier alpha value is -0.830. The quantitative estimate of drug-likeness (QED) is 0.357. The second-order valence-corrected chi connectivity index (χ2v) is 12.9. The van der Waals surface area contributed by atoms with Crippen LogP contribution in [0.2, 0.25) is 0 Å². The number of hydrogen-bond donors (Lipinski definition) is 1. The van der Waals surface area contributed by atoms with Crippen molar-refractivity contribution in [1.82, 2.24) is 0 Å². The van der Waals surface area contributed by atoms with Gasteiger partial charge in [-0.15, -0.1) is 0 Å². The van der Waals surface area contributed by atoms with E-state index in [4.69, 9.17) is 4.74 Å². The predicted octanol–water partition coefficient (Wildman–Crippen LogP) is 6.93. The monoisotopic (exact) mass is 444 g/mol. The Bertz CT molecular complexity index is 726. The van der Waals surface area contributed by atoms with E-state index in [1.165, 1.54) is 57.4 Å². The SMILES string of the molecule is CC(=O)O[C@H]1CC[C@@]2(C)C(=CC(O)C3C2CC[C@]2(C)C([C@H](C)CCCC(C)C)CC[C@@H]32)C1. The lowest BCUT2D eigenvalue weighted by atomic mass is 9.46. The van der Waals surface area contributed by atoms with Crippen LogP contribution in [0.15, 0.2) is 11.6 Å². The third-order valence-electron chi connectivity index (χ3n) is 10.6. The molecular formula is C29H48O3. The van der Waals surface area contributed by atoms with Crippen molar-refractivity contribution in [3.05, 3.63) is 11.6 Å². The number of carbonyl (C=O) groups excluding carboxylic acids is 1. The summed E-state index contributed by atoms with van der Waals surface area (Å²) in [7, 11) is 0. The number of ether oxygens (including phenoxy) is 1. The summed E-state index contributed by atoms with van der Waals surface area (Å²) in [5.41, 5.74) is 1.92. The van der Waals surface area contributed by atoms with Crippen molar-refractivity contribution in [2.24, 2.45) is 46.3 Å². The summed E-state index contributed by atoms with van der Waals surface area (Å²) in [5, 5.41) is 11.4. The normalized spacial score (nSPS) is 44.3. The molecular weight excluding hydrogens is 396 g/mol. The van der Waals surface area contributed by atoms with Crippen molar-refractivity contribution in [3.63, 3.8) is 0 Å². The molecule has 3 heteroatoms. The smallest absolute Gasteiger partial charge is 0.302 e. The molecule has 0 radical (unpaired) electrons. The maximum Gasteiger partial charge on any atom is 0.302 e. The summed E-state index contributed by atoms with van der Waals surface area (Å²) in [4.78, 5) is 11.5. The molecule has 0 aromatic heterocycles. The summed E-state index contributed by atoms with van der Waals surface area (Å²) in [6, 6.07) is 0. The van der Waals surface area contributed by atoms with Crippen LogP contribution in [0.1, 0.15) is 106 Å². The molecule has 1 N–H and O–H groups in total. The first kappa shape index (κ1) is 24.3. The first-order valence-corrected chi connectivity index (χ1v) is 13.6. The van der Waals surface area contributed by atoms with Crippen LogP contribution >= 0.6 is 0 Å². The maximum atomic E-state index is 11.5. The van der Waals surface area contributed by atoms with E-state index in [0.717, 1.165) is 37.0 Å². The fourth-order valence-corrected chi connectivity index (χ4v) is 8.98. The molecule has 4 unspecified atom stereocenters. The third kappa shape index (κ3) is 4.21. The van der Waals surface area contributed by atoms with Gasteiger partial charge in [-0.1, -0.05) is 65.5 Å². The zero-order valence-corrected chi connectivity index (χ0v) is 21.5. The van der Waals surface area contributed by atoms with Crippen LogP contribution in [0.25, 0.3) is 0 Å². The van der Waals surface area contributed by atoms with Crippen molar-refractivity contribution in [2.75, 3.05) is 0 Å². The maximum absolute atomic E-state index is 11.5.